The molecule has 0 fully saturated rings. The van der Waals surface area contributed by atoms with Gasteiger partial charge in [-0.3, -0.25) is 0 Å². The van der Waals surface area contributed by atoms with Crippen LogP contribution in [0.2, 0.25) is 0 Å². The van der Waals surface area contributed by atoms with Gasteiger partial charge in [0, 0.05) is 31.7 Å². The van der Waals surface area contributed by atoms with E-state index in [1.807, 2.05) is 0 Å². The molecule has 1 aliphatic carbocycles. The molecule has 3 aromatic rings. The van der Waals surface area contributed by atoms with Crippen molar-refractivity contribution in [3.05, 3.63) is 58.7 Å². The average Bonchev–Trinajstić information content (AvgIpc) is 2.92. The number of nitrogens with zero attached hydrogens (tertiary/aromatic N) is 1. The number of fused-ring (bicyclic) bond motifs is 5. The van der Waals surface area contributed by atoms with Crippen LogP contribution in [0.15, 0.2) is 41.6 Å². The van der Waals surface area contributed by atoms with Crippen molar-refractivity contribution < 1.29 is 5.21 Å². The van der Waals surface area contributed by atoms with Gasteiger partial charge in [-0.25, -0.2) is 0 Å². The van der Waals surface area contributed by atoms with E-state index in [4.69, 9.17) is 0 Å². The van der Waals surface area contributed by atoms with E-state index in [1.54, 1.807) is 11.3 Å². The zero-order valence-electron chi connectivity index (χ0n) is 11.3. The molecular formula is C17H13NOS. The Bertz CT molecular complexity index is 889. The van der Waals surface area contributed by atoms with Crippen molar-refractivity contribution in [3.63, 3.8) is 0 Å². The molecular weight excluding hydrogens is 266 g/mol. The largest absolute Gasteiger partial charge is 0.410 e. The lowest BCUT2D eigenvalue weighted by molar-refractivity contribution is 0.320. The summed E-state index contributed by atoms with van der Waals surface area (Å²) in [5.74, 6) is 0. The quantitative estimate of drug-likeness (QED) is 0.366. The lowest BCUT2D eigenvalue weighted by Gasteiger charge is -2.02. The molecule has 0 spiro atoms. The number of hydrogen-bond acceptors (Lipinski definition) is 3. The molecule has 0 unspecified atom stereocenters. The molecule has 20 heavy (non-hydrogen) atoms. The first-order valence-corrected chi connectivity index (χ1v) is 7.37. The van der Waals surface area contributed by atoms with E-state index < -0.39 is 0 Å². The summed E-state index contributed by atoms with van der Waals surface area (Å²) >= 11 is 1.77. The molecule has 1 heterocycles. The van der Waals surface area contributed by atoms with Gasteiger partial charge in [-0.1, -0.05) is 34.5 Å². The molecule has 1 aliphatic rings. The van der Waals surface area contributed by atoms with Crippen molar-refractivity contribution in [3.8, 4) is 10.4 Å². The van der Waals surface area contributed by atoms with E-state index >= 15 is 0 Å². The molecule has 1 aromatic heterocycles. The topological polar surface area (TPSA) is 32.6 Å². The van der Waals surface area contributed by atoms with E-state index in [0.29, 0.717) is 5.71 Å². The Kier molecular flexibility index (Phi) is 2.30. The van der Waals surface area contributed by atoms with Gasteiger partial charge in [-0.2, -0.15) is 0 Å². The lowest BCUT2D eigenvalue weighted by atomic mass is 10.0. The Labute approximate surface area is 121 Å². The van der Waals surface area contributed by atoms with Crippen molar-refractivity contribution in [1.29, 1.82) is 0 Å². The summed E-state index contributed by atoms with van der Waals surface area (Å²) in [6.45, 7) is 4.15. The third-order valence-corrected chi connectivity index (χ3v) is 5.06. The predicted octanol–water partition coefficient (Wildman–Crippen LogP) is 4.73. The third-order valence-electron chi connectivity index (χ3n) is 3.86. The molecule has 0 aliphatic heterocycles. The van der Waals surface area contributed by atoms with Gasteiger partial charge in [0.1, 0.15) is 5.71 Å². The first-order chi connectivity index (χ1) is 9.69. The van der Waals surface area contributed by atoms with E-state index in [2.05, 4.69) is 55.4 Å². The highest BCUT2D eigenvalue weighted by Gasteiger charge is 2.29. The van der Waals surface area contributed by atoms with Gasteiger partial charge in [-0.05, 0) is 32.0 Å². The highest BCUT2D eigenvalue weighted by atomic mass is 32.1. The van der Waals surface area contributed by atoms with Crippen LogP contribution in [0.3, 0.4) is 0 Å². The van der Waals surface area contributed by atoms with Crippen LogP contribution < -0.4 is 0 Å². The zero-order valence-corrected chi connectivity index (χ0v) is 12.1. The third kappa shape index (κ3) is 1.41. The van der Waals surface area contributed by atoms with Crippen LogP contribution in [-0.2, 0) is 0 Å². The number of aryl methyl sites for hydroxylation is 2. The summed E-state index contributed by atoms with van der Waals surface area (Å²) in [6, 6.07) is 12.8. The molecule has 0 saturated heterocycles. The molecule has 2 aromatic carbocycles. The maximum atomic E-state index is 9.49. The fraction of sp³-hybridized carbons (Fsp3) is 0.118. The van der Waals surface area contributed by atoms with Crippen LogP contribution in [0.25, 0.3) is 20.5 Å². The van der Waals surface area contributed by atoms with Gasteiger partial charge < -0.3 is 5.21 Å². The lowest BCUT2D eigenvalue weighted by Crippen LogP contribution is -1.98. The monoisotopic (exact) mass is 279 g/mol. The zero-order chi connectivity index (χ0) is 13.9. The Morgan fingerprint density at radius 3 is 2.50 bits per heavy atom. The Morgan fingerprint density at radius 1 is 0.950 bits per heavy atom. The number of oxime groups is 1. The van der Waals surface area contributed by atoms with Gasteiger partial charge in [0.25, 0.3) is 0 Å². The number of benzene rings is 2. The highest BCUT2D eigenvalue weighted by molar-refractivity contribution is 7.23. The van der Waals surface area contributed by atoms with E-state index in [1.165, 1.54) is 31.7 Å². The second kappa shape index (κ2) is 3.93. The minimum absolute atomic E-state index is 0.704. The molecule has 1 N–H and O–H groups in total. The number of hydrogen-bond donors (Lipinski definition) is 1. The van der Waals surface area contributed by atoms with Crippen LogP contribution in [-0.4, -0.2) is 10.9 Å². The molecule has 0 atom stereocenters. The molecule has 0 bridgehead atoms. The second-order valence-electron chi connectivity index (χ2n) is 5.30. The van der Waals surface area contributed by atoms with Gasteiger partial charge >= 0.3 is 0 Å². The van der Waals surface area contributed by atoms with Crippen molar-refractivity contribution in [2.75, 3.05) is 0 Å². The minimum atomic E-state index is 0.704. The van der Waals surface area contributed by atoms with Crippen LogP contribution in [0.5, 0.6) is 0 Å². The van der Waals surface area contributed by atoms with Crippen molar-refractivity contribution in [2.45, 2.75) is 13.8 Å². The van der Waals surface area contributed by atoms with Crippen LogP contribution >= 0.6 is 11.3 Å². The standard InChI is InChI=1S/C17H13NOS/c1-9-3-5-11-12(7-9)16(18-19)15-13-8-10(2)4-6-14(13)20-17(11)15/h3-8,19H,1-2H3/b18-16+. The first kappa shape index (κ1) is 11.7. The summed E-state index contributed by atoms with van der Waals surface area (Å²) in [5.41, 5.74) is 6.41. The summed E-state index contributed by atoms with van der Waals surface area (Å²) in [5, 5.41) is 14.3. The van der Waals surface area contributed by atoms with Crippen LogP contribution in [0.4, 0.5) is 0 Å². The van der Waals surface area contributed by atoms with E-state index in [9.17, 15) is 5.21 Å². The minimum Gasteiger partial charge on any atom is -0.410 e. The molecule has 98 valence electrons. The molecule has 0 radical (unpaired) electrons. The van der Waals surface area contributed by atoms with E-state index in [-0.39, 0.29) is 0 Å². The maximum absolute atomic E-state index is 9.49. The number of thiophene rings is 1. The molecule has 0 saturated carbocycles. The van der Waals surface area contributed by atoms with Gasteiger partial charge in [0.05, 0.1) is 0 Å². The van der Waals surface area contributed by atoms with Gasteiger partial charge in [-0.15, -0.1) is 11.3 Å². The van der Waals surface area contributed by atoms with E-state index in [0.717, 1.165) is 11.1 Å². The maximum Gasteiger partial charge on any atom is 0.119 e. The summed E-state index contributed by atoms with van der Waals surface area (Å²) < 4.78 is 1.24. The van der Waals surface area contributed by atoms with Crippen molar-refractivity contribution in [2.24, 2.45) is 5.16 Å². The molecule has 2 nitrogen and oxygen atoms in total. The smallest absolute Gasteiger partial charge is 0.119 e. The molecule has 3 heteroatoms. The highest BCUT2D eigenvalue weighted by Crippen LogP contribution is 2.46. The Hall–Kier alpha value is -2.13. The fourth-order valence-corrected chi connectivity index (χ4v) is 4.15. The Balaban J connectivity index is 2.15. The average molecular weight is 279 g/mol. The fourth-order valence-electron chi connectivity index (χ4n) is 2.93. The summed E-state index contributed by atoms with van der Waals surface area (Å²) in [7, 11) is 0. The number of rotatable bonds is 0. The Morgan fingerprint density at radius 2 is 1.70 bits per heavy atom. The molecule has 4 rings (SSSR count). The summed E-state index contributed by atoms with van der Waals surface area (Å²) in [6.07, 6.45) is 0. The second-order valence-corrected chi connectivity index (χ2v) is 6.36. The van der Waals surface area contributed by atoms with Crippen molar-refractivity contribution in [1.82, 2.24) is 0 Å². The summed E-state index contributed by atoms with van der Waals surface area (Å²) in [4.78, 5) is 1.22. The predicted molar refractivity (Wildman–Crippen MR) is 84.2 cm³/mol. The van der Waals surface area contributed by atoms with Crippen LogP contribution in [0.1, 0.15) is 22.3 Å². The van der Waals surface area contributed by atoms with Crippen molar-refractivity contribution >= 4 is 27.1 Å². The first-order valence-electron chi connectivity index (χ1n) is 6.56. The normalized spacial score (nSPS) is 14.8. The molecule has 0 amide bonds. The van der Waals surface area contributed by atoms with Gasteiger partial charge in [0.15, 0.2) is 0 Å². The SMILES string of the molecule is Cc1ccc2c(c1)/C(=N\O)c1c-2sc2ccc(C)cc12. The van der Waals surface area contributed by atoms with Crippen LogP contribution in [0, 0.1) is 13.8 Å². The van der Waals surface area contributed by atoms with Gasteiger partial charge in [0.2, 0.25) is 0 Å².